The van der Waals surface area contributed by atoms with Crippen LogP contribution in [0.3, 0.4) is 0 Å². The molecule has 1 amide bonds. The lowest BCUT2D eigenvalue weighted by Gasteiger charge is -2.35. The van der Waals surface area contributed by atoms with Crippen LogP contribution < -0.4 is 5.32 Å². The summed E-state index contributed by atoms with van der Waals surface area (Å²) < 4.78 is 0. The Morgan fingerprint density at radius 2 is 2.38 bits per heavy atom. The van der Waals surface area contributed by atoms with Crippen molar-refractivity contribution >= 4 is 5.91 Å². The van der Waals surface area contributed by atoms with Gasteiger partial charge in [-0.2, -0.15) is 0 Å². The zero-order valence-electron chi connectivity index (χ0n) is 7.84. The Bertz CT molecular complexity index is 238. The van der Waals surface area contributed by atoms with E-state index in [-0.39, 0.29) is 11.9 Å². The maximum Gasteiger partial charge on any atom is 0.252 e. The molecule has 0 heterocycles. The summed E-state index contributed by atoms with van der Waals surface area (Å²) in [6.45, 7) is 1.90. The smallest absolute Gasteiger partial charge is 0.252 e. The molecule has 1 rings (SSSR count). The van der Waals surface area contributed by atoms with Gasteiger partial charge in [0.2, 0.25) is 0 Å². The molecule has 3 nitrogen and oxygen atoms in total. The number of rotatable bonds is 3. The lowest BCUT2D eigenvalue weighted by Crippen LogP contribution is -2.53. The van der Waals surface area contributed by atoms with Crippen molar-refractivity contribution in [2.75, 3.05) is 0 Å². The second kappa shape index (κ2) is 3.80. The van der Waals surface area contributed by atoms with Gasteiger partial charge in [-0.3, -0.25) is 4.79 Å². The normalized spacial score (nSPS) is 21.0. The van der Waals surface area contributed by atoms with E-state index in [2.05, 4.69) is 11.2 Å². The van der Waals surface area contributed by atoms with E-state index >= 15 is 0 Å². The van der Waals surface area contributed by atoms with Gasteiger partial charge in [0.15, 0.2) is 0 Å². The van der Waals surface area contributed by atoms with Crippen molar-refractivity contribution in [1.29, 1.82) is 0 Å². The molecule has 0 spiro atoms. The van der Waals surface area contributed by atoms with Crippen molar-refractivity contribution in [2.45, 2.75) is 44.2 Å². The quantitative estimate of drug-likeness (QED) is 0.620. The molecule has 1 fully saturated rings. The van der Waals surface area contributed by atoms with Gasteiger partial charge in [-0.15, -0.1) is 6.42 Å². The Morgan fingerprint density at radius 3 is 2.69 bits per heavy atom. The molecule has 0 bridgehead atoms. The third-order valence-corrected chi connectivity index (χ3v) is 2.52. The van der Waals surface area contributed by atoms with E-state index in [4.69, 9.17) is 6.42 Å². The van der Waals surface area contributed by atoms with Crippen LogP contribution in [0.15, 0.2) is 0 Å². The Kier molecular flexibility index (Phi) is 2.94. The Morgan fingerprint density at radius 1 is 1.77 bits per heavy atom. The molecular weight excluding hydrogens is 166 g/mol. The number of nitrogens with one attached hydrogen (secondary N) is 1. The number of aliphatic hydroxyl groups is 1. The van der Waals surface area contributed by atoms with Gasteiger partial charge in [0.05, 0.1) is 6.04 Å². The number of hydrogen-bond donors (Lipinski definition) is 2. The van der Waals surface area contributed by atoms with Crippen LogP contribution in [0.5, 0.6) is 0 Å². The minimum atomic E-state index is -1.13. The highest BCUT2D eigenvalue weighted by molar-refractivity contribution is 5.86. The Balaban J connectivity index is 2.45. The number of terminal acetylenes is 1. The van der Waals surface area contributed by atoms with Crippen molar-refractivity contribution in [3.63, 3.8) is 0 Å². The average Bonchev–Trinajstić information content (AvgIpc) is 2.09. The summed E-state index contributed by atoms with van der Waals surface area (Å²) in [5.74, 6) is 2.14. The zero-order valence-corrected chi connectivity index (χ0v) is 7.84. The van der Waals surface area contributed by atoms with E-state index in [1.54, 1.807) is 0 Å². The van der Waals surface area contributed by atoms with Crippen LogP contribution in [-0.2, 0) is 4.79 Å². The van der Waals surface area contributed by atoms with E-state index < -0.39 is 5.60 Å². The molecule has 0 radical (unpaired) electrons. The highest BCUT2D eigenvalue weighted by Gasteiger charge is 2.42. The molecule has 0 saturated heterocycles. The predicted molar refractivity (Wildman–Crippen MR) is 49.9 cm³/mol. The fourth-order valence-electron chi connectivity index (χ4n) is 1.29. The minimum absolute atomic E-state index is 0.253. The lowest BCUT2D eigenvalue weighted by atomic mass is 9.79. The van der Waals surface area contributed by atoms with E-state index in [1.165, 1.54) is 0 Å². The van der Waals surface area contributed by atoms with Gasteiger partial charge in [-0.05, 0) is 25.7 Å². The Labute approximate surface area is 78.5 Å². The van der Waals surface area contributed by atoms with Gasteiger partial charge in [-0.1, -0.05) is 12.8 Å². The van der Waals surface area contributed by atoms with Crippen LogP contribution in [-0.4, -0.2) is 22.7 Å². The van der Waals surface area contributed by atoms with Crippen LogP contribution in [0.1, 0.15) is 32.6 Å². The average molecular weight is 181 g/mol. The van der Waals surface area contributed by atoms with E-state index in [9.17, 15) is 9.90 Å². The summed E-state index contributed by atoms with van der Waals surface area (Å²) in [6.07, 6.45) is 7.90. The second-order valence-corrected chi connectivity index (χ2v) is 3.49. The van der Waals surface area contributed by atoms with Gasteiger partial charge in [-0.25, -0.2) is 0 Å². The molecular formula is C10H15NO2. The second-order valence-electron chi connectivity index (χ2n) is 3.49. The van der Waals surface area contributed by atoms with Gasteiger partial charge in [0.25, 0.3) is 5.91 Å². The molecule has 0 aromatic rings. The lowest BCUT2D eigenvalue weighted by molar-refractivity contribution is -0.148. The van der Waals surface area contributed by atoms with Crippen LogP contribution in [0, 0.1) is 12.3 Å². The zero-order chi connectivity index (χ0) is 9.90. The van der Waals surface area contributed by atoms with Gasteiger partial charge >= 0.3 is 0 Å². The Hall–Kier alpha value is -1.01. The molecule has 72 valence electrons. The highest BCUT2D eigenvalue weighted by Crippen LogP contribution is 2.31. The van der Waals surface area contributed by atoms with E-state index in [0.717, 1.165) is 6.42 Å². The highest BCUT2D eigenvalue weighted by atomic mass is 16.3. The number of amides is 1. The first-order chi connectivity index (χ1) is 6.12. The fraction of sp³-hybridized carbons (Fsp3) is 0.700. The summed E-state index contributed by atoms with van der Waals surface area (Å²) in [6, 6.07) is -0.253. The molecule has 1 aliphatic rings. The van der Waals surface area contributed by atoms with E-state index in [0.29, 0.717) is 19.3 Å². The molecule has 0 aromatic carbocycles. The molecule has 0 aliphatic heterocycles. The van der Waals surface area contributed by atoms with E-state index in [1.807, 2.05) is 6.92 Å². The fourth-order valence-corrected chi connectivity index (χ4v) is 1.29. The standard InChI is InChI=1S/C10H15NO2/c1-3-8(4-2)11-9(12)10(13)6-5-7-10/h1,8,13H,4-7H2,2H3,(H,11,12). The molecule has 2 N–H and O–H groups in total. The number of carbonyl (C=O) groups is 1. The third-order valence-electron chi connectivity index (χ3n) is 2.52. The monoisotopic (exact) mass is 181 g/mol. The maximum atomic E-state index is 11.4. The number of hydrogen-bond acceptors (Lipinski definition) is 2. The van der Waals surface area contributed by atoms with Gasteiger partial charge in [0.1, 0.15) is 5.60 Å². The SMILES string of the molecule is C#CC(CC)NC(=O)C1(O)CCC1. The topological polar surface area (TPSA) is 49.3 Å². The molecule has 3 heteroatoms. The molecule has 1 unspecified atom stereocenters. The van der Waals surface area contributed by atoms with Gasteiger partial charge in [0, 0.05) is 0 Å². The molecule has 13 heavy (non-hydrogen) atoms. The van der Waals surface area contributed by atoms with Crippen molar-refractivity contribution in [3.8, 4) is 12.3 Å². The van der Waals surface area contributed by atoms with Crippen LogP contribution in [0.25, 0.3) is 0 Å². The van der Waals surface area contributed by atoms with Crippen molar-refractivity contribution in [3.05, 3.63) is 0 Å². The van der Waals surface area contributed by atoms with Crippen molar-refractivity contribution in [1.82, 2.24) is 5.32 Å². The predicted octanol–water partition coefficient (Wildman–Crippen LogP) is 0.429. The first kappa shape index (κ1) is 10.1. The first-order valence-electron chi connectivity index (χ1n) is 4.62. The number of carbonyl (C=O) groups excluding carboxylic acids is 1. The third kappa shape index (κ3) is 2.02. The molecule has 0 aromatic heterocycles. The summed E-state index contributed by atoms with van der Waals surface area (Å²) in [5.41, 5.74) is -1.13. The minimum Gasteiger partial charge on any atom is -0.380 e. The molecule has 1 aliphatic carbocycles. The van der Waals surface area contributed by atoms with Gasteiger partial charge < -0.3 is 10.4 Å². The van der Waals surface area contributed by atoms with Crippen molar-refractivity contribution < 1.29 is 9.90 Å². The van der Waals surface area contributed by atoms with Crippen LogP contribution >= 0.6 is 0 Å². The molecule has 1 atom stereocenters. The van der Waals surface area contributed by atoms with Crippen LogP contribution in [0.4, 0.5) is 0 Å². The molecule has 1 saturated carbocycles. The largest absolute Gasteiger partial charge is 0.380 e. The maximum absolute atomic E-state index is 11.4. The van der Waals surface area contributed by atoms with Crippen LogP contribution in [0.2, 0.25) is 0 Å². The summed E-state index contributed by atoms with van der Waals surface area (Å²) in [5, 5.41) is 12.3. The summed E-state index contributed by atoms with van der Waals surface area (Å²) in [7, 11) is 0. The van der Waals surface area contributed by atoms with Crippen molar-refractivity contribution in [2.24, 2.45) is 0 Å². The summed E-state index contributed by atoms with van der Waals surface area (Å²) >= 11 is 0. The first-order valence-corrected chi connectivity index (χ1v) is 4.62. The summed E-state index contributed by atoms with van der Waals surface area (Å²) in [4.78, 5) is 11.4.